The van der Waals surface area contributed by atoms with Gasteiger partial charge in [0.25, 0.3) is 5.91 Å². The summed E-state index contributed by atoms with van der Waals surface area (Å²) in [6, 6.07) is 6.10. The molecular weight excluding hydrogens is 464 g/mol. The molecule has 2 saturated heterocycles. The van der Waals surface area contributed by atoms with Crippen LogP contribution in [0.25, 0.3) is 0 Å². The van der Waals surface area contributed by atoms with Crippen LogP contribution in [0.2, 0.25) is 5.02 Å². The lowest BCUT2D eigenvalue weighted by Gasteiger charge is -2.35. The van der Waals surface area contributed by atoms with Gasteiger partial charge < -0.3 is 14.5 Å². The number of carbonyl (C=O) groups excluding carboxylic acids is 2. The SMILES string of the molecule is Cc1cc(Cl)ccc1C1CCN(C(=O)Cn2nc(C(=O)N3C[C@@H](C)O[C@@H](C)C3)c3c2CCC3)CC1. The number of piperidine rings is 1. The summed E-state index contributed by atoms with van der Waals surface area (Å²) >= 11 is 6.13. The summed E-state index contributed by atoms with van der Waals surface area (Å²) in [5.74, 6) is 0.504. The standard InChI is InChI=1S/C27H35ClN4O3/c1-17-13-21(28)7-8-22(17)20-9-11-30(12-10-20)25(33)16-32-24-6-4-5-23(24)26(29-32)27(34)31-14-18(2)35-19(3)15-31/h7-8,13,18-20H,4-6,9-12,14-16H2,1-3H3/t18-,19+. The Hall–Kier alpha value is -2.38. The molecule has 0 unspecified atom stereocenters. The van der Waals surface area contributed by atoms with Crippen LogP contribution in [0.5, 0.6) is 0 Å². The lowest BCUT2D eigenvalue weighted by molar-refractivity contribution is -0.133. The molecule has 7 nitrogen and oxygen atoms in total. The number of nitrogens with zero attached hydrogens (tertiary/aromatic N) is 4. The quantitative estimate of drug-likeness (QED) is 0.639. The number of hydrogen-bond acceptors (Lipinski definition) is 4. The molecule has 0 N–H and O–H groups in total. The van der Waals surface area contributed by atoms with E-state index >= 15 is 0 Å². The molecule has 0 saturated carbocycles. The second kappa shape index (κ2) is 9.94. The number of amides is 2. The van der Waals surface area contributed by atoms with Gasteiger partial charge >= 0.3 is 0 Å². The van der Waals surface area contributed by atoms with Gasteiger partial charge in [0.05, 0.1) is 12.2 Å². The molecule has 1 aromatic heterocycles. The van der Waals surface area contributed by atoms with E-state index in [1.807, 2.05) is 35.8 Å². The van der Waals surface area contributed by atoms with Gasteiger partial charge in [-0.3, -0.25) is 14.3 Å². The largest absolute Gasteiger partial charge is 0.372 e. The summed E-state index contributed by atoms with van der Waals surface area (Å²) in [6.07, 6.45) is 4.65. The van der Waals surface area contributed by atoms with Crippen molar-refractivity contribution < 1.29 is 14.3 Å². The highest BCUT2D eigenvalue weighted by molar-refractivity contribution is 6.30. The van der Waals surface area contributed by atoms with Crippen molar-refractivity contribution >= 4 is 23.4 Å². The monoisotopic (exact) mass is 498 g/mol. The number of halogens is 1. The Morgan fingerprint density at radius 3 is 2.49 bits per heavy atom. The van der Waals surface area contributed by atoms with Crippen molar-refractivity contribution in [2.45, 2.75) is 77.5 Å². The summed E-state index contributed by atoms with van der Waals surface area (Å²) < 4.78 is 7.60. The third-order valence-electron chi connectivity index (χ3n) is 7.72. The first-order valence-electron chi connectivity index (χ1n) is 12.9. The van der Waals surface area contributed by atoms with Gasteiger partial charge in [0, 0.05) is 42.5 Å². The highest BCUT2D eigenvalue weighted by Gasteiger charge is 2.33. The molecule has 8 heteroatoms. The molecule has 2 aromatic rings. The summed E-state index contributed by atoms with van der Waals surface area (Å²) in [4.78, 5) is 30.4. The van der Waals surface area contributed by atoms with Crippen LogP contribution in [0, 0.1) is 6.92 Å². The van der Waals surface area contributed by atoms with Crippen LogP contribution in [-0.2, 0) is 28.9 Å². The van der Waals surface area contributed by atoms with Crippen LogP contribution in [0.3, 0.4) is 0 Å². The van der Waals surface area contributed by atoms with Gasteiger partial charge in [-0.05, 0) is 82.1 Å². The van der Waals surface area contributed by atoms with Crippen LogP contribution >= 0.6 is 11.6 Å². The smallest absolute Gasteiger partial charge is 0.274 e. The summed E-state index contributed by atoms with van der Waals surface area (Å²) in [5, 5.41) is 5.46. The highest BCUT2D eigenvalue weighted by atomic mass is 35.5. The average Bonchev–Trinajstić information content (AvgIpc) is 3.42. The zero-order valence-corrected chi connectivity index (χ0v) is 21.7. The van der Waals surface area contributed by atoms with E-state index in [9.17, 15) is 9.59 Å². The predicted octanol–water partition coefficient (Wildman–Crippen LogP) is 3.99. The molecule has 2 atom stereocenters. The second-order valence-electron chi connectivity index (χ2n) is 10.4. The molecule has 1 aliphatic carbocycles. The highest BCUT2D eigenvalue weighted by Crippen LogP contribution is 2.32. The lowest BCUT2D eigenvalue weighted by Crippen LogP contribution is -2.48. The van der Waals surface area contributed by atoms with E-state index in [1.165, 1.54) is 11.1 Å². The fourth-order valence-corrected chi connectivity index (χ4v) is 6.30. The molecule has 2 aliphatic heterocycles. The number of benzene rings is 1. The Kier molecular flexibility index (Phi) is 6.91. The van der Waals surface area contributed by atoms with Crippen molar-refractivity contribution in [3.8, 4) is 0 Å². The molecule has 1 aromatic carbocycles. The number of ether oxygens (including phenoxy) is 1. The van der Waals surface area contributed by atoms with Gasteiger partial charge in [-0.15, -0.1) is 0 Å². The van der Waals surface area contributed by atoms with Gasteiger partial charge in [0.2, 0.25) is 5.91 Å². The minimum atomic E-state index is -0.0319. The van der Waals surface area contributed by atoms with E-state index in [0.29, 0.717) is 24.7 Å². The number of hydrogen-bond donors (Lipinski definition) is 0. The van der Waals surface area contributed by atoms with E-state index < -0.39 is 0 Å². The van der Waals surface area contributed by atoms with Crippen LogP contribution in [0.4, 0.5) is 0 Å². The van der Waals surface area contributed by atoms with E-state index in [1.54, 1.807) is 4.68 Å². The Morgan fingerprint density at radius 1 is 1.09 bits per heavy atom. The number of aryl methyl sites for hydroxylation is 1. The molecular formula is C27H35ClN4O3. The third kappa shape index (κ3) is 4.98. The van der Waals surface area contributed by atoms with Gasteiger partial charge in [-0.2, -0.15) is 5.10 Å². The Bertz CT molecular complexity index is 1110. The van der Waals surface area contributed by atoms with E-state index in [2.05, 4.69) is 13.0 Å². The number of fused-ring (bicyclic) bond motifs is 1. The van der Waals surface area contributed by atoms with Crippen LogP contribution in [0.15, 0.2) is 18.2 Å². The maximum absolute atomic E-state index is 13.4. The zero-order chi connectivity index (χ0) is 24.7. The lowest BCUT2D eigenvalue weighted by atomic mass is 9.87. The minimum Gasteiger partial charge on any atom is -0.372 e. The number of likely N-dealkylation sites (tertiary alicyclic amines) is 1. The van der Waals surface area contributed by atoms with Crippen molar-refractivity contribution in [1.82, 2.24) is 19.6 Å². The molecule has 35 heavy (non-hydrogen) atoms. The summed E-state index contributed by atoms with van der Waals surface area (Å²) in [6.45, 7) is 8.93. The summed E-state index contributed by atoms with van der Waals surface area (Å²) in [5.41, 5.74) is 5.18. The first-order valence-corrected chi connectivity index (χ1v) is 13.2. The number of aromatic nitrogens is 2. The Labute approximate surface area is 212 Å². The maximum Gasteiger partial charge on any atom is 0.274 e. The Morgan fingerprint density at radius 2 is 1.80 bits per heavy atom. The van der Waals surface area contributed by atoms with Crippen LogP contribution in [-0.4, -0.2) is 69.8 Å². The fourth-order valence-electron chi connectivity index (χ4n) is 6.07. The molecule has 3 heterocycles. The van der Waals surface area contributed by atoms with E-state index in [4.69, 9.17) is 21.4 Å². The normalized spacial score (nSPS) is 23.0. The maximum atomic E-state index is 13.4. The second-order valence-corrected chi connectivity index (χ2v) is 10.8. The van der Waals surface area contributed by atoms with Gasteiger partial charge in [-0.25, -0.2) is 0 Å². The fraction of sp³-hybridized carbons (Fsp3) is 0.593. The number of rotatable bonds is 4. The topological polar surface area (TPSA) is 67.7 Å². The van der Waals surface area contributed by atoms with Crippen LogP contribution in [0.1, 0.15) is 71.9 Å². The van der Waals surface area contributed by atoms with Gasteiger partial charge in [-0.1, -0.05) is 17.7 Å². The first-order chi connectivity index (χ1) is 16.8. The molecule has 0 spiro atoms. The molecule has 0 bridgehead atoms. The molecule has 188 valence electrons. The molecule has 5 rings (SSSR count). The third-order valence-corrected chi connectivity index (χ3v) is 7.96. The molecule has 2 amide bonds. The first kappa shape index (κ1) is 24.3. The van der Waals surface area contributed by atoms with Crippen molar-refractivity contribution in [3.05, 3.63) is 51.3 Å². The van der Waals surface area contributed by atoms with E-state index in [-0.39, 0.29) is 30.6 Å². The predicted molar refractivity (Wildman–Crippen MR) is 135 cm³/mol. The van der Waals surface area contributed by atoms with Crippen molar-refractivity contribution in [2.24, 2.45) is 0 Å². The summed E-state index contributed by atoms with van der Waals surface area (Å²) in [7, 11) is 0. The van der Waals surface area contributed by atoms with Gasteiger partial charge in [0.15, 0.2) is 5.69 Å². The van der Waals surface area contributed by atoms with Crippen molar-refractivity contribution in [3.63, 3.8) is 0 Å². The van der Waals surface area contributed by atoms with Gasteiger partial charge in [0.1, 0.15) is 6.54 Å². The number of morpholine rings is 1. The van der Waals surface area contributed by atoms with Crippen LogP contribution < -0.4 is 0 Å². The minimum absolute atomic E-state index is 0.0130. The number of carbonyl (C=O) groups is 2. The Balaban J connectivity index is 1.25. The zero-order valence-electron chi connectivity index (χ0n) is 20.9. The van der Waals surface area contributed by atoms with Crippen molar-refractivity contribution in [1.29, 1.82) is 0 Å². The molecule has 0 radical (unpaired) electrons. The molecule has 2 fully saturated rings. The van der Waals surface area contributed by atoms with E-state index in [0.717, 1.165) is 61.5 Å². The van der Waals surface area contributed by atoms with Crippen molar-refractivity contribution in [2.75, 3.05) is 26.2 Å². The average molecular weight is 499 g/mol. The molecule has 3 aliphatic rings.